The van der Waals surface area contributed by atoms with E-state index in [4.69, 9.17) is 23.8 Å². The molecule has 0 spiro atoms. The topological polar surface area (TPSA) is 40.6 Å². The van der Waals surface area contributed by atoms with Crippen LogP contribution >= 0.6 is 44.5 Å². The Balaban J connectivity index is 1.81. The van der Waals surface area contributed by atoms with Gasteiger partial charge in [-0.3, -0.25) is 14.5 Å². The third kappa shape index (κ3) is 3.01. The van der Waals surface area contributed by atoms with E-state index in [1.807, 2.05) is 13.8 Å². The number of rotatable bonds is 5. The molecule has 4 nitrogen and oxygen atoms in total. The Morgan fingerprint density at radius 3 is 2.21 bits per heavy atom. The lowest BCUT2D eigenvalue weighted by Crippen LogP contribution is -2.41. The second-order valence-corrected chi connectivity index (χ2v) is 9.09. The van der Waals surface area contributed by atoms with Gasteiger partial charge in [-0.25, -0.2) is 0 Å². The summed E-state index contributed by atoms with van der Waals surface area (Å²) < 4.78 is 1.39. The molecule has 2 aromatic rings. The number of benzene rings is 1. The van der Waals surface area contributed by atoms with Crippen LogP contribution in [0.3, 0.4) is 0 Å². The van der Waals surface area contributed by atoms with Crippen molar-refractivity contribution >= 4 is 62.0 Å². The molecule has 0 bridgehead atoms. The maximum Gasteiger partial charge on any atom is 0.261 e. The van der Waals surface area contributed by atoms with Gasteiger partial charge in [0.2, 0.25) is 0 Å². The molecule has 2 amide bonds. The van der Waals surface area contributed by atoms with Gasteiger partial charge < -0.3 is 4.90 Å². The fourth-order valence-corrected chi connectivity index (χ4v) is 5.66. The molecule has 2 heterocycles. The van der Waals surface area contributed by atoms with E-state index in [0.29, 0.717) is 28.6 Å². The summed E-state index contributed by atoms with van der Waals surface area (Å²) in [6.07, 6.45) is 0. The van der Waals surface area contributed by atoms with E-state index in [1.54, 1.807) is 24.3 Å². The molecule has 8 heteroatoms. The largest absolute Gasteiger partial charge is 0.364 e. The monoisotopic (exact) mass is 398 g/mol. The summed E-state index contributed by atoms with van der Waals surface area (Å²) >= 11 is 11.7. The van der Waals surface area contributed by atoms with Crippen LogP contribution in [0.15, 0.2) is 24.3 Å². The number of hydrogen-bond acceptors (Lipinski definition) is 6. The zero-order valence-electron chi connectivity index (χ0n) is 13.1. The minimum atomic E-state index is -0.239. The van der Waals surface area contributed by atoms with Crippen LogP contribution in [0.1, 0.15) is 34.6 Å². The van der Waals surface area contributed by atoms with Gasteiger partial charge in [-0.1, -0.05) is 56.6 Å². The van der Waals surface area contributed by atoms with Crippen molar-refractivity contribution in [1.29, 1.82) is 0 Å². The maximum atomic E-state index is 12.5. The molecule has 1 aromatic carbocycles. The molecule has 1 aliphatic heterocycles. The lowest BCUT2D eigenvalue weighted by atomic mass is 10.1. The molecule has 0 atom stereocenters. The molecule has 24 heavy (non-hydrogen) atoms. The molecule has 0 fully saturated rings. The van der Waals surface area contributed by atoms with Gasteiger partial charge in [-0.05, 0) is 26.0 Å². The van der Waals surface area contributed by atoms with Crippen LogP contribution in [-0.2, 0) is 0 Å². The highest BCUT2D eigenvalue weighted by Gasteiger charge is 2.35. The second kappa shape index (κ2) is 6.92. The molecule has 126 valence electrons. The number of halogens is 1. The summed E-state index contributed by atoms with van der Waals surface area (Å²) in [7, 11) is 2.90. The summed E-state index contributed by atoms with van der Waals surface area (Å²) in [6, 6.07) is 7.07. The van der Waals surface area contributed by atoms with E-state index in [9.17, 15) is 9.59 Å². The lowest BCUT2D eigenvalue weighted by Gasteiger charge is -2.29. The fraction of sp³-hybridized carbons (Fsp3) is 0.312. The van der Waals surface area contributed by atoms with Crippen molar-refractivity contribution in [3.63, 3.8) is 0 Å². The van der Waals surface area contributed by atoms with Gasteiger partial charge in [-0.2, -0.15) is 0 Å². The number of amides is 2. The molecular formula is C16H15ClN2O2S3. The Morgan fingerprint density at radius 2 is 1.75 bits per heavy atom. The van der Waals surface area contributed by atoms with Crippen molar-refractivity contribution in [3.05, 3.63) is 43.6 Å². The number of fused-ring (bicyclic) bond motifs is 1. The van der Waals surface area contributed by atoms with Crippen LogP contribution in [0, 0.1) is 3.82 Å². The quantitative estimate of drug-likeness (QED) is 0.415. The highest BCUT2D eigenvalue weighted by atomic mass is 35.5. The van der Waals surface area contributed by atoms with E-state index < -0.39 is 0 Å². The molecule has 0 saturated carbocycles. The molecule has 0 saturated heterocycles. The smallest absolute Gasteiger partial charge is 0.261 e. The number of anilines is 1. The normalized spacial score (nSPS) is 13.8. The van der Waals surface area contributed by atoms with E-state index in [-0.39, 0.29) is 17.9 Å². The Kier molecular flexibility index (Phi) is 5.05. The Labute approximate surface area is 157 Å². The van der Waals surface area contributed by atoms with Crippen LogP contribution in [-0.4, -0.2) is 35.8 Å². The van der Waals surface area contributed by atoms with Crippen molar-refractivity contribution in [2.24, 2.45) is 0 Å². The number of nitrogens with zero attached hydrogens (tertiary/aromatic N) is 2. The zero-order chi connectivity index (χ0) is 17.4. The van der Waals surface area contributed by atoms with E-state index in [2.05, 4.69) is 4.90 Å². The van der Waals surface area contributed by atoms with Crippen molar-refractivity contribution in [2.75, 3.05) is 18.0 Å². The molecule has 3 rings (SSSR count). The first-order valence-electron chi connectivity index (χ1n) is 7.42. The molecule has 1 aromatic heterocycles. The van der Waals surface area contributed by atoms with Gasteiger partial charge in [0.05, 0.1) is 16.8 Å². The Bertz CT molecular complexity index is 824. The van der Waals surface area contributed by atoms with Gasteiger partial charge in [0.15, 0.2) is 0 Å². The first-order chi connectivity index (χ1) is 11.4. The summed E-state index contributed by atoms with van der Waals surface area (Å²) in [5, 5.41) is 0. The van der Waals surface area contributed by atoms with Crippen molar-refractivity contribution < 1.29 is 9.59 Å². The SMILES string of the molecule is CC(C)N(CCN1C(=O)c2ccccc2C1=O)c1c(Cl)ssc1=S. The number of carbonyl (C=O) groups excluding carboxylic acids is 2. The van der Waals surface area contributed by atoms with Gasteiger partial charge in [0.1, 0.15) is 8.16 Å². The third-order valence-corrected chi connectivity index (χ3v) is 7.39. The number of hydrogen-bond donors (Lipinski definition) is 0. The van der Waals surface area contributed by atoms with Gasteiger partial charge in [0, 0.05) is 19.1 Å². The van der Waals surface area contributed by atoms with E-state index in [1.165, 1.54) is 25.6 Å². The molecule has 0 N–H and O–H groups in total. The molecular weight excluding hydrogens is 384 g/mol. The molecule has 0 radical (unpaired) electrons. The van der Waals surface area contributed by atoms with Crippen molar-refractivity contribution in [2.45, 2.75) is 19.9 Å². The summed E-state index contributed by atoms with van der Waals surface area (Å²) in [4.78, 5) is 28.3. The molecule has 1 aliphatic rings. The van der Waals surface area contributed by atoms with Crippen molar-refractivity contribution in [1.82, 2.24) is 4.90 Å². The predicted octanol–water partition coefficient (Wildman–Crippen LogP) is 4.70. The minimum absolute atomic E-state index is 0.154. The fourth-order valence-electron chi connectivity index (χ4n) is 2.74. The highest BCUT2D eigenvalue weighted by molar-refractivity contribution is 7.80. The zero-order valence-corrected chi connectivity index (χ0v) is 16.3. The molecule has 0 unspecified atom stereocenters. The van der Waals surface area contributed by atoms with Gasteiger partial charge >= 0.3 is 0 Å². The third-order valence-electron chi connectivity index (χ3n) is 3.92. The van der Waals surface area contributed by atoms with Crippen molar-refractivity contribution in [3.8, 4) is 0 Å². The first kappa shape index (κ1) is 17.5. The lowest BCUT2D eigenvalue weighted by molar-refractivity contribution is 0.0657. The summed E-state index contributed by atoms with van der Waals surface area (Å²) in [5.74, 6) is -0.478. The second-order valence-electron chi connectivity index (χ2n) is 5.67. The number of carbonyl (C=O) groups is 2. The Morgan fingerprint density at radius 1 is 1.17 bits per heavy atom. The first-order valence-corrected chi connectivity index (χ1v) is 10.4. The highest BCUT2D eigenvalue weighted by Crippen LogP contribution is 2.38. The average Bonchev–Trinajstić information content (AvgIpc) is 3.00. The van der Waals surface area contributed by atoms with Gasteiger partial charge in [-0.15, -0.1) is 0 Å². The van der Waals surface area contributed by atoms with Crippen LogP contribution in [0.5, 0.6) is 0 Å². The van der Waals surface area contributed by atoms with Crippen LogP contribution < -0.4 is 4.90 Å². The standard InChI is InChI=1S/C16H15ClN2O2S3/c1-9(2)18(12-13(17)23-24-16(12)22)7-8-19-14(20)10-5-3-4-6-11(10)15(19)21/h3-6,9H,7-8H2,1-2H3. The maximum absolute atomic E-state index is 12.5. The number of imide groups is 1. The van der Waals surface area contributed by atoms with E-state index >= 15 is 0 Å². The average molecular weight is 399 g/mol. The van der Waals surface area contributed by atoms with Gasteiger partial charge in [0.25, 0.3) is 11.8 Å². The van der Waals surface area contributed by atoms with Crippen LogP contribution in [0.4, 0.5) is 5.69 Å². The van der Waals surface area contributed by atoms with Crippen LogP contribution in [0.25, 0.3) is 0 Å². The minimum Gasteiger partial charge on any atom is -0.364 e. The summed E-state index contributed by atoms with van der Waals surface area (Å²) in [6.45, 7) is 4.87. The Hall–Kier alpha value is -1.28. The molecule has 0 aliphatic carbocycles. The predicted molar refractivity (Wildman–Crippen MR) is 102 cm³/mol. The summed E-state index contributed by atoms with van der Waals surface area (Å²) in [5.41, 5.74) is 1.77. The van der Waals surface area contributed by atoms with Crippen LogP contribution in [0.2, 0.25) is 4.34 Å². The van der Waals surface area contributed by atoms with E-state index in [0.717, 1.165) is 9.51 Å².